The van der Waals surface area contributed by atoms with Crippen LogP contribution in [-0.2, 0) is 16.0 Å². The molecule has 1 aliphatic heterocycles. The lowest BCUT2D eigenvalue weighted by atomic mass is 10.1. The van der Waals surface area contributed by atoms with Gasteiger partial charge < -0.3 is 23.5 Å². The molecule has 6 rings (SSSR count). The average molecular weight is 613 g/mol. The van der Waals surface area contributed by atoms with Crippen molar-refractivity contribution in [2.24, 2.45) is 5.10 Å². The third-order valence-electron chi connectivity index (χ3n) is 7.22. The molecule has 0 saturated carbocycles. The predicted molar refractivity (Wildman–Crippen MR) is 169 cm³/mol. The molecule has 0 atom stereocenters. The van der Waals surface area contributed by atoms with Gasteiger partial charge in [-0.15, -0.1) is 6.58 Å². The van der Waals surface area contributed by atoms with E-state index in [1.54, 1.807) is 65.7 Å². The van der Waals surface area contributed by atoms with Crippen LogP contribution in [0, 0.1) is 0 Å². The number of methoxy groups -OCH3 is 1. The van der Waals surface area contributed by atoms with Crippen LogP contribution in [0.1, 0.15) is 11.1 Å². The Balaban J connectivity index is 1.38. The number of amides is 1. The number of halogens is 1. The van der Waals surface area contributed by atoms with Crippen molar-refractivity contribution in [2.45, 2.75) is 6.42 Å². The van der Waals surface area contributed by atoms with Crippen molar-refractivity contribution >= 4 is 45.6 Å². The molecular weight excluding hydrogens is 584 g/mol. The predicted octanol–water partition coefficient (Wildman–Crippen LogP) is 5.32. The number of nitrogens with zero attached hydrogens (tertiary/aromatic N) is 4. The Morgan fingerprint density at radius 2 is 1.95 bits per heavy atom. The lowest BCUT2D eigenvalue weighted by molar-refractivity contribution is -0.137. The monoisotopic (exact) mass is 612 g/mol. The van der Waals surface area contributed by atoms with Crippen LogP contribution in [0.2, 0.25) is 5.02 Å². The molecule has 224 valence electrons. The number of rotatable bonds is 9. The number of morpholine rings is 1. The molecule has 0 aliphatic carbocycles. The Morgan fingerprint density at radius 3 is 2.75 bits per heavy atom. The zero-order valence-electron chi connectivity index (χ0n) is 24.0. The number of allylic oxidation sites excluding steroid dienone is 1. The maximum Gasteiger partial charge on any atom is 0.282 e. The highest BCUT2D eigenvalue weighted by molar-refractivity contribution is 6.31. The van der Waals surface area contributed by atoms with Crippen LogP contribution in [0.4, 0.5) is 0 Å². The first-order valence-corrected chi connectivity index (χ1v) is 14.4. The minimum absolute atomic E-state index is 0.130. The maximum atomic E-state index is 13.7. The van der Waals surface area contributed by atoms with Gasteiger partial charge >= 0.3 is 0 Å². The molecule has 0 bridgehead atoms. The molecule has 0 spiro atoms. The number of hydrogen-bond donors (Lipinski definition) is 0. The van der Waals surface area contributed by atoms with Crippen LogP contribution in [0.25, 0.3) is 33.5 Å². The van der Waals surface area contributed by atoms with Crippen LogP contribution in [0.15, 0.2) is 87.6 Å². The normalized spacial score (nSPS) is 13.5. The first-order valence-electron chi connectivity index (χ1n) is 14.0. The van der Waals surface area contributed by atoms with E-state index < -0.39 is 0 Å². The number of carbonyl (C=O) groups excluding carboxylic acids is 1. The minimum Gasteiger partial charge on any atom is -0.493 e. The topological polar surface area (TPSA) is 108 Å². The summed E-state index contributed by atoms with van der Waals surface area (Å²) in [5, 5.41) is 6.31. The largest absolute Gasteiger partial charge is 0.493 e. The van der Waals surface area contributed by atoms with Gasteiger partial charge in [0.05, 0.1) is 37.4 Å². The summed E-state index contributed by atoms with van der Waals surface area (Å²) in [5.74, 6) is 1.32. The summed E-state index contributed by atoms with van der Waals surface area (Å²) in [7, 11) is 1.52. The van der Waals surface area contributed by atoms with Gasteiger partial charge in [-0.25, -0.2) is 4.98 Å². The Hall–Kier alpha value is -4.93. The molecule has 1 fully saturated rings. The molecule has 2 aromatic heterocycles. The Bertz CT molecular complexity index is 1960. The summed E-state index contributed by atoms with van der Waals surface area (Å²) < 4.78 is 24.2. The van der Waals surface area contributed by atoms with E-state index in [2.05, 4.69) is 11.7 Å². The number of benzene rings is 3. The van der Waals surface area contributed by atoms with E-state index in [-0.39, 0.29) is 23.9 Å². The Kier molecular flexibility index (Phi) is 8.44. The van der Waals surface area contributed by atoms with Gasteiger partial charge in [0, 0.05) is 29.1 Å². The smallest absolute Gasteiger partial charge is 0.282 e. The standard InChI is InChI=1S/C33H29ClN4O6/c1-3-6-22-15-21(16-28(41-2)31(22)43-20-30(39)37-11-13-42-14-12-37)19-35-38-32(36-26-8-5-4-7-25(26)33(38)40)29-18-23-17-24(34)9-10-27(23)44-29/h3-5,7-10,15-19H,1,6,11-14,20H2,2H3. The highest BCUT2D eigenvalue weighted by Gasteiger charge is 2.20. The molecule has 44 heavy (non-hydrogen) atoms. The fraction of sp³-hybridized carbons (Fsp3) is 0.212. The van der Waals surface area contributed by atoms with Crippen molar-refractivity contribution in [1.82, 2.24) is 14.6 Å². The van der Waals surface area contributed by atoms with Gasteiger partial charge in [-0.2, -0.15) is 9.78 Å². The molecule has 1 amide bonds. The van der Waals surface area contributed by atoms with Crippen molar-refractivity contribution in [3.63, 3.8) is 0 Å². The lowest BCUT2D eigenvalue weighted by Crippen LogP contribution is -2.43. The van der Waals surface area contributed by atoms with Gasteiger partial charge in [0.1, 0.15) is 5.58 Å². The number of hydrogen-bond acceptors (Lipinski definition) is 8. The molecule has 0 N–H and O–H groups in total. The Labute approximate surface area is 257 Å². The quantitative estimate of drug-likeness (QED) is 0.164. The fourth-order valence-electron chi connectivity index (χ4n) is 5.06. The van der Waals surface area contributed by atoms with Gasteiger partial charge in [0.25, 0.3) is 11.5 Å². The maximum absolute atomic E-state index is 13.7. The van der Waals surface area contributed by atoms with Crippen molar-refractivity contribution in [3.05, 3.63) is 99.8 Å². The molecule has 10 nitrogen and oxygen atoms in total. The molecule has 11 heteroatoms. The fourth-order valence-corrected chi connectivity index (χ4v) is 5.24. The van der Waals surface area contributed by atoms with E-state index in [0.29, 0.717) is 77.1 Å². The van der Waals surface area contributed by atoms with Crippen LogP contribution >= 0.6 is 11.6 Å². The summed E-state index contributed by atoms with van der Waals surface area (Å²) in [6.07, 6.45) is 3.72. The number of ether oxygens (including phenoxy) is 3. The number of fused-ring (bicyclic) bond motifs is 2. The van der Waals surface area contributed by atoms with Gasteiger partial charge in [-0.05, 0) is 60.5 Å². The van der Waals surface area contributed by atoms with E-state index in [9.17, 15) is 9.59 Å². The van der Waals surface area contributed by atoms with Crippen molar-refractivity contribution < 1.29 is 23.4 Å². The number of furan rings is 1. The summed E-state index contributed by atoms with van der Waals surface area (Å²) in [5.41, 5.74) is 2.13. The molecule has 1 aliphatic rings. The summed E-state index contributed by atoms with van der Waals surface area (Å²) in [4.78, 5) is 32.9. The summed E-state index contributed by atoms with van der Waals surface area (Å²) >= 11 is 6.18. The van der Waals surface area contributed by atoms with E-state index in [1.807, 2.05) is 12.1 Å². The molecule has 3 aromatic carbocycles. The second kappa shape index (κ2) is 12.7. The number of aromatic nitrogens is 2. The van der Waals surface area contributed by atoms with E-state index in [4.69, 9.17) is 35.2 Å². The van der Waals surface area contributed by atoms with Gasteiger partial charge in [0.2, 0.25) is 5.82 Å². The van der Waals surface area contributed by atoms with Crippen molar-refractivity contribution in [2.75, 3.05) is 40.0 Å². The second-order valence-electron chi connectivity index (χ2n) is 10.1. The average Bonchev–Trinajstić information content (AvgIpc) is 3.47. The first kappa shape index (κ1) is 29.2. The third kappa shape index (κ3) is 5.95. The van der Waals surface area contributed by atoms with Crippen LogP contribution < -0.4 is 15.0 Å². The van der Waals surface area contributed by atoms with Gasteiger partial charge in [-0.1, -0.05) is 29.8 Å². The van der Waals surface area contributed by atoms with Gasteiger partial charge in [-0.3, -0.25) is 9.59 Å². The van der Waals surface area contributed by atoms with Crippen LogP contribution in [0.5, 0.6) is 11.5 Å². The van der Waals surface area contributed by atoms with Crippen molar-refractivity contribution in [3.8, 4) is 23.1 Å². The molecule has 3 heterocycles. The summed E-state index contributed by atoms with van der Waals surface area (Å²) in [6.45, 7) is 5.79. The number of carbonyl (C=O) groups is 1. The molecule has 0 unspecified atom stereocenters. The lowest BCUT2D eigenvalue weighted by Gasteiger charge is -2.27. The molecule has 5 aromatic rings. The van der Waals surface area contributed by atoms with Gasteiger partial charge in [0.15, 0.2) is 23.9 Å². The van der Waals surface area contributed by atoms with E-state index in [0.717, 1.165) is 10.9 Å². The van der Waals surface area contributed by atoms with Crippen LogP contribution in [0.3, 0.4) is 0 Å². The van der Waals surface area contributed by atoms with Crippen LogP contribution in [-0.4, -0.2) is 66.7 Å². The summed E-state index contributed by atoms with van der Waals surface area (Å²) in [6, 6.07) is 17.7. The highest BCUT2D eigenvalue weighted by Crippen LogP contribution is 2.34. The SMILES string of the molecule is C=CCc1cc(C=Nn2c(-c3cc4cc(Cl)ccc4o3)nc3ccccc3c2=O)cc(OC)c1OCC(=O)N1CCOCC1. The second-order valence-corrected chi connectivity index (χ2v) is 10.5. The third-order valence-corrected chi connectivity index (χ3v) is 7.45. The number of para-hydroxylation sites is 1. The molecule has 1 saturated heterocycles. The minimum atomic E-state index is -0.361. The highest BCUT2D eigenvalue weighted by atomic mass is 35.5. The van der Waals surface area contributed by atoms with E-state index >= 15 is 0 Å². The zero-order valence-corrected chi connectivity index (χ0v) is 24.8. The van der Waals surface area contributed by atoms with E-state index in [1.165, 1.54) is 11.8 Å². The molecular formula is C33H29ClN4O6. The molecule has 0 radical (unpaired) electrons. The zero-order chi connectivity index (χ0) is 30.6. The first-order chi connectivity index (χ1) is 21.4. The Morgan fingerprint density at radius 1 is 1.14 bits per heavy atom. The van der Waals surface area contributed by atoms with Crippen molar-refractivity contribution in [1.29, 1.82) is 0 Å².